The van der Waals surface area contributed by atoms with Crippen LogP contribution in [0.1, 0.15) is 6.42 Å². The van der Waals surface area contributed by atoms with Gasteiger partial charge in [0.25, 0.3) is 0 Å². The molecule has 0 fully saturated rings. The Bertz CT molecular complexity index is 2090. The number of anilines is 2. The molecular weight excluding hydrogens is 500 g/mol. The van der Waals surface area contributed by atoms with Gasteiger partial charge in [-0.2, -0.15) is 0 Å². The number of benzene rings is 6. The van der Waals surface area contributed by atoms with Crippen molar-refractivity contribution in [1.82, 2.24) is 9.97 Å². The van der Waals surface area contributed by atoms with Gasteiger partial charge in [0, 0.05) is 45.4 Å². The van der Waals surface area contributed by atoms with Gasteiger partial charge >= 0.3 is 0 Å². The van der Waals surface area contributed by atoms with Crippen LogP contribution in [0.2, 0.25) is 0 Å². The highest BCUT2D eigenvalue weighted by atomic mass is 14.9. The van der Waals surface area contributed by atoms with Gasteiger partial charge in [0.2, 0.25) is 0 Å². The quantitative estimate of drug-likeness (QED) is 0.128. The van der Waals surface area contributed by atoms with Gasteiger partial charge < -0.3 is 10.6 Å². The van der Waals surface area contributed by atoms with E-state index >= 15 is 0 Å². The van der Waals surface area contributed by atoms with Gasteiger partial charge in [-0.05, 0) is 29.3 Å². The van der Waals surface area contributed by atoms with Gasteiger partial charge in [0.05, 0.1) is 33.4 Å². The Morgan fingerprint density at radius 2 is 0.805 bits per heavy atom. The summed E-state index contributed by atoms with van der Waals surface area (Å²) in [6.45, 7) is 1.68. The van der Waals surface area contributed by atoms with Crippen LogP contribution in [0, 0.1) is 0 Å². The van der Waals surface area contributed by atoms with Gasteiger partial charge in [0.15, 0.2) is 0 Å². The molecular formula is C37H28N4. The van der Waals surface area contributed by atoms with E-state index in [1.165, 1.54) is 21.5 Å². The molecule has 41 heavy (non-hydrogen) atoms. The minimum absolute atomic E-state index is 0.840. The topological polar surface area (TPSA) is 49.8 Å². The zero-order valence-corrected chi connectivity index (χ0v) is 22.6. The van der Waals surface area contributed by atoms with Crippen molar-refractivity contribution in [3.8, 4) is 0 Å². The average molecular weight is 529 g/mol. The van der Waals surface area contributed by atoms with E-state index in [9.17, 15) is 0 Å². The SMILES string of the molecule is c1ccc2c(c1)ccc1c(NCCCNc3c4ccccc4nc4c3ccc3ccccc34)c3ccccc3nc12. The van der Waals surface area contributed by atoms with Crippen LogP contribution in [0.4, 0.5) is 11.4 Å². The molecule has 0 aliphatic heterocycles. The second kappa shape index (κ2) is 9.76. The van der Waals surface area contributed by atoms with Crippen LogP contribution in [-0.2, 0) is 0 Å². The van der Waals surface area contributed by atoms with Crippen molar-refractivity contribution in [1.29, 1.82) is 0 Å². The molecule has 2 N–H and O–H groups in total. The largest absolute Gasteiger partial charge is 0.384 e. The molecule has 0 unspecified atom stereocenters. The Kier molecular flexibility index (Phi) is 5.63. The average Bonchev–Trinajstić information content (AvgIpc) is 3.03. The van der Waals surface area contributed by atoms with Gasteiger partial charge in [0.1, 0.15) is 0 Å². The molecule has 8 aromatic rings. The third kappa shape index (κ3) is 3.99. The van der Waals surface area contributed by atoms with Crippen LogP contribution >= 0.6 is 0 Å². The molecule has 6 aromatic carbocycles. The van der Waals surface area contributed by atoms with E-state index in [0.717, 1.165) is 74.5 Å². The summed E-state index contributed by atoms with van der Waals surface area (Å²) in [5.74, 6) is 0. The Hall–Kier alpha value is -5.22. The predicted molar refractivity (Wildman–Crippen MR) is 175 cm³/mol. The number of hydrogen-bond acceptors (Lipinski definition) is 4. The van der Waals surface area contributed by atoms with E-state index in [-0.39, 0.29) is 0 Å². The fraction of sp³-hybridized carbons (Fsp3) is 0.0811. The molecule has 0 radical (unpaired) electrons. The summed E-state index contributed by atoms with van der Waals surface area (Å²) in [5.41, 5.74) is 6.43. The molecule has 0 saturated carbocycles. The molecule has 196 valence electrons. The van der Waals surface area contributed by atoms with Crippen LogP contribution in [0.25, 0.3) is 65.2 Å². The number of hydrogen-bond donors (Lipinski definition) is 2. The molecule has 0 aliphatic rings. The monoisotopic (exact) mass is 528 g/mol. The standard InChI is InChI=1S/C37H28N4/c1-3-12-26-24(10-1)18-20-30-34(28-14-5-7-16-32(28)40-36(26)30)38-22-9-23-39-35-29-15-6-8-17-33(29)41-37-27-13-4-2-11-25(27)19-21-31(35)37/h1-8,10-21H,9,22-23H2,(H,38,40)(H,39,41). The first-order chi connectivity index (χ1) is 20.3. The molecule has 2 aromatic heterocycles. The first kappa shape index (κ1) is 23.6. The normalized spacial score (nSPS) is 11.7. The maximum atomic E-state index is 5.07. The van der Waals surface area contributed by atoms with Crippen molar-refractivity contribution in [2.75, 3.05) is 23.7 Å². The molecule has 0 amide bonds. The summed E-state index contributed by atoms with van der Waals surface area (Å²) in [5, 5.41) is 17.0. The smallest absolute Gasteiger partial charge is 0.0808 e. The first-order valence-corrected chi connectivity index (χ1v) is 14.2. The maximum Gasteiger partial charge on any atom is 0.0808 e. The van der Waals surface area contributed by atoms with Crippen molar-refractivity contribution in [3.63, 3.8) is 0 Å². The van der Waals surface area contributed by atoms with Crippen molar-refractivity contribution >= 4 is 76.5 Å². The van der Waals surface area contributed by atoms with E-state index in [4.69, 9.17) is 9.97 Å². The number of para-hydroxylation sites is 2. The van der Waals surface area contributed by atoms with Crippen LogP contribution in [0.3, 0.4) is 0 Å². The third-order valence-corrected chi connectivity index (χ3v) is 8.11. The van der Waals surface area contributed by atoms with Crippen LogP contribution in [0.15, 0.2) is 121 Å². The summed E-state index contributed by atoms with van der Waals surface area (Å²) in [4.78, 5) is 10.1. The van der Waals surface area contributed by atoms with Crippen molar-refractivity contribution in [2.45, 2.75) is 6.42 Å². The van der Waals surface area contributed by atoms with Crippen LogP contribution < -0.4 is 10.6 Å². The van der Waals surface area contributed by atoms with Crippen molar-refractivity contribution in [3.05, 3.63) is 121 Å². The second-order valence-corrected chi connectivity index (χ2v) is 10.6. The first-order valence-electron chi connectivity index (χ1n) is 14.2. The molecule has 0 atom stereocenters. The second-order valence-electron chi connectivity index (χ2n) is 10.6. The number of nitrogens with one attached hydrogen (secondary N) is 2. The molecule has 0 bridgehead atoms. The molecule has 4 heteroatoms. The molecule has 2 heterocycles. The highest BCUT2D eigenvalue weighted by Crippen LogP contribution is 2.36. The zero-order valence-electron chi connectivity index (χ0n) is 22.6. The maximum absolute atomic E-state index is 5.07. The number of pyridine rings is 2. The molecule has 8 rings (SSSR count). The number of fused-ring (bicyclic) bond motifs is 8. The van der Waals surface area contributed by atoms with E-state index in [1.54, 1.807) is 0 Å². The van der Waals surface area contributed by atoms with E-state index in [1.807, 2.05) is 0 Å². The third-order valence-electron chi connectivity index (χ3n) is 8.11. The van der Waals surface area contributed by atoms with E-state index in [0.29, 0.717) is 0 Å². The van der Waals surface area contributed by atoms with Crippen molar-refractivity contribution in [2.24, 2.45) is 0 Å². The van der Waals surface area contributed by atoms with Crippen LogP contribution in [0.5, 0.6) is 0 Å². The summed E-state index contributed by atoms with van der Waals surface area (Å²) in [6, 6.07) is 42.6. The summed E-state index contributed by atoms with van der Waals surface area (Å²) in [6.07, 6.45) is 0.956. The summed E-state index contributed by atoms with van der Waals surface area (Å²) < 4.78 is 0. The lowest BCUT2D eigenvalue weighted by molar-refractivity contribution is 0.913. The van der Waals surface area contributed by atoms with Crippen LogP contribution in [-0.4, -0.2) is 23.1 Å². The van der Waals surface area contributed by atoms with E-state index in [2.05, 4.69) is 132 Å². The Morgan fingerprint density at radius 3 is 1.29 bits per heavy atom. The number of nitrogens with zero attached hydrogens (tertiary/aromatic N) is 2. The Labute approximate surface area is 237 Å². The molecule has 0 aliphatic carbocycles. The number of aromatic nitrogens is 2. The Balaban J connectivity index is 1.11. The lowest BCUT2D eigenvalue weighted by Gasteiger charge is -2.16. The van der Waals surface area contributed by atoms with Gasteiger partial charge in [-0.15, -0.1) is 0 Å². The minimum atomic E-state index is 0.840. The lowest BCUT2D eigenvalue weighted by atomic mass is 10.0. The molecule has 0 saturated heterocycles. The zero-order chi connectivity index (χ0) is 27.2. The molecule has 0 spiro atoms. The van der Waals surface area contributed by atoms with Gasteiger partial charge in [-0.1, -0.05) is 109 Å². The van der Waals surface area contributed by atoms with E-state index < -0.39 is 0 Å². The minimum Gasteiger partial charge on any atom is -0.384 e. The summed E-state index contributed by atoms with van der Waals surface area (Å²) in [7, 11) is 0. The van der Waals surface area contributed by atoms with Gasteiger partial charge in [-0.3, -0.25) is 0 Å². The van der Waals surface area contributed by atoms with Gasteiger partial charge in [-0.25, -0.2) is 9.97 Å². The Morgan fingerprint density at radius 1 is 0.390 bits per heavy atom. The predicted octanol–water partition coefficient (Wildman–Crippen LogP) is 9.31. The lowest BCUT2D eigenvalue weighted by Crippen LogP contribution is -2.10. The fourth-order valence-electron chi connectivity index (χ4n) is 6.15. The fourth-order valence-corrected chi connectivity index (χ4v) is 6.15. The highest BCUT2D eigenvalue weighted by Gasteiger charge is 2.13. The molecule has 4 nitrogen and oxygen atoms in total. The summed E-state index contributed by atoms with van der Waals surface area (Å²) >= 11 is 0. The highest BCUT2D eigenvalue weighted by molar-refractivity contribution is 6.17. The van der Waals surface area contributed by atoms with Crippen molar-refractivity contribution < 1.29 is 0 Å². The number of rotatable bonds is 6.